The maximum atomic E-state index is 14.9. The minimum absolute atomic E-state index is 0.0781. The third-order valence-electron chi connectivity index (χ3n) is 4.03. The van der Waals surface area contributed by atoms with Gasteiger partial charge in [0.05, 0.1) is 12.2 Å². The normalized spacial score (nSPS) is 18.7. The number of fused-ring (bicyclic) bond motifs is 1. The highest BCUT2D eigenvalue weighted by atomic mass is 19.1. The fraction of sp³-hybridized carbons (Fsp3) is 0.471. The van der Waals surface area contributed by atoms with Crippen LogP contribution in [0.3, 0.4) is 0 Å². The summed E-state index contributed by atoms with van der Waals surface area (Å²) in [6.45, 7) is 8.00. The van der Waals surface area contributed by atoms with Crippen molar-refractivity contribution in [2.75, 3.05) is 18.0 Å². The van der Waals surface area contributed by atoms with Crippen LogP contribution in [0.25, 0.3) is 11.1 Å². The van der Waals surface area contributed by atoms with Crippen LogP contribution in [0.15, 0.2) is 21.5 Å². The summed E-state index contributed by atoms with van der Waals surface area (Å²) in [6, 6.07) is 2.74. The SMILES string of the molecule is CCN=c1oc2cc(N3C[C@H](C(N)=O)OC3=O)cc(F)c2n1C(C)(C)C. The van der Waals surface area contributed by atoms with Crippen LogP contribution in [-0.2, 0) is 15.1 Å². The number of oxazole rings is 1. The van der Waals surface area contributed by atoms with E-state index in [1.807, 2.05) is 27.7 Å². The number of halogens is 1. The Morgan fingerprint density at radius 1 is 1.42 bits per heavy atom. The van der Waals surface area contributed by atoms with Crippen molar-refractivity contribution in [1.82, 2.24) is 4.57 Å². The second-order valence-corrected chi connectivity index (χ2v) is 7.02. The van der Waals surface area contributed by atoms with Crippen LogP contribution in [0, 0.1) is 5.82 Å². The van der Waals surface area contributed by atoms with E-state index in [2.05, 4.69) is 4.99 Å². The van der Waals surface area contributed by atoms with Gasteiger partial charge in [0.2, 0.25) is 0 Å². The molecule has 1 atom stereocenters. The van der Waals surface area contributed by atoms with Crippen LogP contribution in [0.4, 0.5) is 14.9 Å². The number of carbonyl (C=O) groups excluding carboxylic acids is 2. The highest BCUT2D eigenvalue weighted by Crippen LogP contribution is 2.30. The van der Waals surface area contributed by atoms with Crippen molar-refractivity contribution in [3.05, 3.63) is 23.6 Å². The monoisotopic (exact) mass is 364 g/mol. The lowest BCUT2D eigenvalue weighted by Crippen LogP contribution is -2.32. The second-order valence-electron chi connectivity index (χ2n) is 7.02. The molecule has 1 aliphatic rings. The maximum Gasteiger partial charge on any atom is 0.415 e. The molecule has 0 aliphatic carbocycles. The molecule has 0 radical (unpaired) electrons. The van der Waals surface area contributed by atoms with E-state index in [1.54, 1.807) is 4.57 Å². The molecule has 1 aliphatic heterocycles. The summed E-state index contributed by atoms with van der Waals surface area (Å²) in [7, 11) is 0. The first-order valence-electron chi connectivity index (χ1n) is 8.27. The van der Waals surface area contributed by atoms with E-state index < -0.39 is 29.5 Å². The van der Waals surface area contributed by atoms with E-state index in [1.165, 1.54) is 12.1 Å². The Labute approximate surface area is 149 Å². The van der Waals surface area contributed by atoms with Gasteiger partial charge in [-0.15, -0.1) is 0 Å². The quantitative estimate of drug-likeness (QED) is 0.898. The first kappa shape index (κ1) is 18.0. The molecule has 0 unspecified atom stereocenters. The van der Waals surface area contributed by atoms with Crippen LogP contribution < -0.4 is 16.3 Å². The summed E-state index contributed by atoms with van der Waals surface area (Å²) < 4.78 is 27.3. The first-order valence-corrected chi connectivity index (χ1v) is 8.27. The third kappa shape index (κ3) is 2.93. The largest absolute Gasteiger partial charge is 0.434 e. The highest BCUT2D eigenvalue weighted by molar-refractivity contribution is 5.96. The van der Waals surface area contributed by atoms with Crippen LogP contribution in [0.2, 0.25) is 0 Å². The molecule has 2 aromatic rings. The topological polar surface area (TPSA) is 103 Å². The zero-order chi connectivity index (χ0) is 19.2. The molecule has 9 heteroatoms. The van der Waals surface area contributed by atoms with E-state index in [0.29, 0.717) is 12.2 Å². The molecule has 8 nitrogen and oxygen atoms in total. The number of cyclic esters (lactones) is 1. The van der Waals surface area contributed by atoms with Gasteiger partial charge in [0.1, 0.15) is 5.52 Å². The maximum absolute atomic E-state index is 14.9. The Hall–Kier alpha value is -2.84. The molecule has 0 bridgehead atoms. The molecule has 0 spiro atoms. The summed E-state index contributed by atoms with van der Waals surface area (Å²) in [5.41, 5.74) is 5.73. The van der Waals surface area contributed by atoms with E-state index >= 15 is 0 Å². The van der Waals surface area contributed by atoms with Gasteiger partial charge in [-0.1, -0.05) is 0 Å². The number of hydrogen-bond donors (Lipinski definition) is 1. The summed E-state index contributed by atoms with van der Waals surface area (Å²) in [5.74, 6) is -1.32. The molecule has 0 saturated carbocycles. The van der Waals surface area contributed by atoms with Crippen molar-refractivity contribution < 1.29 is 23.1 Å². The molecule has 140 valence electrons. The number of ether oxygens (including phenoxy) is 1. The van der Waals surface area contributed by atoms with Gasteiger partial charge in [0.25, 0.3) is 11.6 Å². The Bertz CT molecular complexity index is 954. The fourth-order valence-electron chi connectivity index (χ4n) is 2.93. The number of primary amides is 1. The molecule has 26 heavy (non-hydrogen) atoms. The van der Waals surface area contributed by atoms with Gasteiger partial charge < -0.3 is 14.9 Å². The van der Waals surface area contributed by atoms with Crippen LogP contribution >= 0.6 is 0 Å². The number of carbonyl (C=O) groups is 2. The van der Waals surface area contributed by atoms with Crippen molar-refractivity contribution in [2.24, 2.45) is 10.7 Å². The average Bonchev–Trinajstić information content (AvgIpc) is 3.08. The van der Waals surface area contributed by atoms with Gasteiger partial charge >= 0.3 is 6.09 Å². The average molecular weight is 364 g/mol. The number of hydrogen-bond acceptors (Lipinski definition) is 5. The second kappa shape index (κ2) is 6.15. The van der Waals surface area contributed by atoms with Crippen molar-refractivity contribution in [3.8, 4) is 0 Å². The Morgan fingerprint density at radius 3 is 2.65 bits per heavy atom. The van der Waals surface area contributed by atoms with Crippen LogP contribution in [-0.4, -0.2) is 35.8 Å². The third-order valence-corrected chi connectivity index (χ3v) is 4.03. The molecule has 2 amide bonds. The number of anilines is 1. The number of nitrogens with zero attached hydrogens (tertiary/aromatic N) is 3. The smallest absolute Gasteiger partial charge is 0.415 e. The Morgan fingerprint density at radius 2 is 2.12 bits per heavy atom. The summed E-state index contributed by atoms with van der Waals surface area (Å²) in [6.07, 6.45) is -1.83. The van der Waals surface area contributed by atoms with Gasteiger partial charge in [-0.25, -0.2) is 14.2 Å². The molecule has 1 aromatic carbocycles. The van der Waals surface area contributed by atoms with Gasteiger partial charge in [-0.2, -0.15) is 0 Å². The van der Waals surface area contributed by atoms with Crippen molar-refractivity contribution in [1.29, 1.82) is 0 Å². The molecule has 1 fully saturated rings. The zero-order valence-corrected chi connectivity index (χ0v) is 15.1. The van der Waals surface area contributed by atoms with Crippen LogP contribution in [0.5, 0.6) is 0 Å². The van der Waals surface area contributed by atoms with Gasteiger partial charge in [-0.05, 0) is 27.7 Å². The standard InChI is InChI=1S/C17H21FN4O4/c1-5-20-15-22(17(2,3)4)13-10(18)6-9(7-11(13)25-15)21-8-12(14(19)23)26-16(21)24/h6-7,12H,5,8H2,1-4H3,(H2,19,23)/t12-/m1/s1. The van der Waals surface area contributed by atoms with Crippen molar-refractivity contribution in [3.63, 3.8) is 0 Å². The number of benzene rings is 1. The predicted molar refractivity (Wildman–Crippen MR) is 92.1 cm³/mol. The van der Waals surface area contributed by atoms with E-state index in [9.17, 15) is 14.0 Å². The number of nitrogens with two attached hydrogens (primary N) is 1. The first-order chi connectivity index (χ1) is 12.1. The lowest BCUT2D eigenvalue weighted by Gasteiger charge is -2.21. The molecule has 3 rings (SSSR count). The van der Waals surface area contributed by atoms with E-state index in [0.717, 1.165) is 4.90 Å². The molecule has 2 heterocycles. The Kier molecular flexibility index (Phi) is 4.25. The lowest BCUT2D eigenvalue weighted by atomic mass is 10.1. The number of amides is 2. The van der Waals surface area contributed by atoms with Gasteiger partial charge in [0, 0.05) is 24.2 Å². The van der Waals surface area contributed by atoms with Gasteiger partial charge in [-0.3, -0.25) is 14.3 Å². The zero-order valence-electron chi connectivity index (χ0n) is 15.1. The fourth-order valence-corrected chi connectivity index (χ4v) is 2.93. The Balaban J connectivity index is 2.17. The van der Waals surface area contributed by atoms with Crippen molar-refractivity contribution in [2.45, 2.75) is 39.3 Å². The molecular formula is C17H21FN4O4. The minimum atomic E-state index is -1.07. The van der Waals surface area contributed by atoms with Crippen molar-refractivity contribution >= 4 is 28.8 Å². The van der Waals surface area contributed by atoms with Gasteiger partial charge in [0.15, 0.2) is 17.5 Å². The number of aromatic nitrogens is 1. The molecule has 2 N–H and O–H groups in total. The predicted octanol–water partition coefficient (Wildman–Crippen LogP) is 1.86. The summed E-state index contributed by atoms with van der Waals surface area (Å²) in [4.78, 5) is 28.7. The van der Waals surface area contributed by atoms with E-state index in [4.69, 9.17) is 14.9 Å². The lowest BCUT2D eigenvalue weighted by molar-refractivity contribution is -0.124. The highest BCUT2D eigenvalue weighted by Gasteiger charge is 2.36. The van der Waals surface area contributed by atoms with Crippen LogP contribution in [0.1, 0.15) is 27.7 Å². The molecular weight excluding hydrogens is 343 g/mol. The number of rotatable bonds is 3. The summed E-state index contributed by atoms with van der Waals surface area (Å²) >= 11 is 0. The molecule has 1 saturated heterocycles. The molecule has 1 aromatic heterocycles. The summed E-state index contributed by atoms with van der Waals surface area (Å²) in [5, 5.41) is 0. The minimum Gasteiger partial charge on any atom is -0.434 e. The van der Waals surface area contributed by atoms with E-state index in [-0.39, 0.29) is 23.3 Å².